The molecule has 0 bridgehead atoms. The number of esters is 1. The van der Waals surface area contributed by atoms with Crippen molar-refractivity contribution >= 4 is 30.3 Å². The molecule has 3 rings (SSSR count). The first-order valence-corrected chi connectivity index (χ1v) is 8.93. The highest BCUT2D eigenvalue weighted by atomic mass is 35.5. The Labute approximate surface area is 171 Å². The van der Waals surface area contributed by atoms with Crippen LogP contribution in [0.1, 0.15) is 11.1 Å². The molecule has 6 nitrogen and oxygen atoms in total. The molecule has 0 aliphatic carbocycles. The predicted molar refractivity (Wildman–Crippen MR) is 112 cm³/mol. The molecule has 0 unspecified atom stereocenters. The average molecular weight is 405 g/mol. The fraction of sp³-hybridized carbons (Fsp3) is 0.333. The third-order valence-corrected chi connectivity index (χ3v) is 4.26. The van der Waals surface area contributed by atoms with Gasteiger partial charge in [0, 0.05) is 19.3 Å². The maximum absolute atomic E-state index is 12.2. The number of hydrogen-bond donors (Lipinski definition) is 0. The molecule has 0 radical (unpaired) electrons. The first-order valence-electron chi connectivity index (χ1n) is 8.93. The molecule has 0 atom stereocenters. The molecule has 1 heterocycles. The van der Waals surface area contributed by atoms with E-state index in [1.54, 1.807) is 25.5 Å². The van der Waals surface area contributed by atoms with Gasteiger partial charge >= 0.3 is 5.97 Å². The number of rotatable bonds is 6. The first-order chi connectivity index (χ1) is 13.1. The van der Waals surface area contributed by atoms with Crippen LogP contribution in [-0.4, -0.2) is 57.0 Å². The molecule has 0 amide bonds. The lowest BCUT2D eigenvalue weighted by Crippen LogP contribution is -2.40. The summed E-state index contributed by atoms with van der Waals surface area (Å²) >= 11 is 0. The summed E-state index contributed by atoms with van der Waals surface area (Å²) in [6.07, 6.45) is 1.76. The molecule has 0 spiro atoms. The maximum atomic E-state index is 12.2. The second-order valence-corrected chi connectivity index (χ2v) is 6.37. The van der Waals surface area contributed by atoms with E-state index in [4.69, 9.17) is 14.2 Å². The van der Waals surface area contributed by atoms with Gasteiger partial charge in [-0.15, -0.1) is 12.4 Å². The van der Waals surface area contributed by atoms with Gasteiger partial charge in [0.25, 0.3) is 0 Å². The number of nitrogens with zero attached hydrogens (tertiary/aromatic N) is 2. The number of morpholine rings is 1. The van der Waals surface area contributed by atoms with Gasteiger partial charge in [0.15, 0.2) is 11.5 Å². The molecule has 1 aliphatic heterocycles. The van der Waals surface area contributed by atoms with Gasteiger partial charge < -0.3 is 14.2 Å². The Hall–Kier alpha value is -2.41. The third-order valence-electron chi connectivity index (χ3n) is 4.26. The molecular formula is C21H25ClN2O4. The highest BCUT2D eigenvalue weighted by Gasteiger charge is 2.17. The van der Waals surface area contributed by atoms with Gasteiger partial charge in [0.05, 0.1) is 32.6 Å². The van der Waals surface area contributed by atoms with E-state index < -0.39 is 0 Å². The van der Waals surface area contributed by atoms with Crippen molar-refractivity contribution in [3.05, 3.63) is 53.6 Å². The minimum Gasteiger partial charge on any atom is -0.493 e. The van der Waals surface area contributed by atoms with Crippen molar-refractivity contribution in [2.75, 3.05) is 40.0 Å². The van der Waals surface area contributed by atoms with Gasteiger partial charge in [-0.2, -0.15) is 0 Å². The molecule has 2 aromatic rings. The first kappa shape index (κ1) is 21.9. The zero-order valence-electron chi connectivity index (χ0n) is 16.1. The monoisotopic (exact) mass is 404 g/mol. The molecule has 1 aliphatic rings. The summed E-state index contributed by atoms with van der Waals surface area (Å²) in [6, 6.07) is 13.3. The van der Waals surface area contributed by atoms with Gasteiger partial charge in [-0.1, -0.05) is 17.7 Å². The van der Waals surface area contributed by atoms with Crippen LogP contribution in [0.2, 0.25) is 0 Å². The molecule has 0 aromatic heterocycles. The number of benzene rings is 2. The molecule has 28 heavy (non-hydrogen) atoms. The van der Waals surface area contributed by atoms with Gasteiger partial charge in [0.1, 0.15) is 0 Å². The van der Waals surface area contributed by atoms with E-state index in [0.29, 0.717) is 24.7 Å². The molecular weight excluding hydrogens is 380 g/mol. The van der Waals surface area contributed by atoms with E-state index in [9.17, 15) is 4.79 Å². The Morgan fingerprint density at radius 3 is 2.54 bits per heavy atom. The standard InChI is InChI=1S/C21H24N2O4.ClH/c1-16-3-6-18(7-4-16)22-14-17-5-8-19(20(13-17)25-2)27-21(24)15-23-9-11-26-12-10-23;/h3-8,13-14H,9-12,15H2,1-2H3;1H. The lowest BCUT2D eigenvalue weighted by Gasteiger charge is -2.25. The lowest BCUT2D eigenvalue weighted by atomic mass is 10.2. The van der Waals surface area contributed by atoms with Crippen molar-refractivity contribution in [2.24, 2.45) is 4.99 Å². The van der Waals surface area contributed by atoms with Crippen LogP contribution < -0.4 is 9.47 Å². The summed E-state index contributed by atoms with van der Waals surface area (Å²) in [7, 11) is 1.55. The molecule has 7 heteroatoms. The van der Waals surface area contributed by atoms with Crippen LogP contribution in [0, 0.1) is 6.92 Å². The smallest absolute Gasteiger partial charge is 0.325 e. The summed E-state index contributed by atoms with van der Waals surface area (Å²) in [5, 5.41) is 0. The fourth-order valence-corrected chi connectivity index (χ4v) is 2.73. The number of aliphatic imine (C=N–C) groups is 1. The fourth-order valence-electron chi connectivity index (χ4n) is 2.73. The number of hydrogen-bond acceptors (Lipinski definition) is 6. The Balaban J connectivity index is 0.00000280. The Kier molecular flexibility index (Phi) is 8.44. The minimum atomic E-state index is -0.309. The quantitative estimate of drug-likeness (QED) is 0.419. The van der Waals surface area contributed by atoms with Crippen LogP contribution in [0.4, 0.5) is 5.69 Å². The van der Waals surface area contributed by atoms with Gasteiger partial charge in [-0.25, -0.2) is 0 Å². The number of aryl methyl sites for hydroxylation is 1. The van der Waals surface area contributed by atoms with E-state index >= 15 is 0 Å². The van der Waals surface area contributed by atoms with E-state index in [2.05, 4.69) is 4.99 Å². The Morgan fingerprint density at radius 1 is 1.14 bits per heavy atom. The van der Waals surface area contributed by atoms with Crippen LogP contribution >= 0.6 is 12.4 Å². The zero-order valence-corrected chi connectivity index (χ0v) is 16.9. The lowest BCUT2D eigenvalue weighted by molar-refractivity contribution is -0.136. The van der Waals surface area contributed by atoms with Crippen LogP contribution in [0.3, 0.4) is 0 Å². The second kappa shape index (κ2) is 10.8. The second-order valence-electron chi connectivity index (χ2n) is 6.37. The highest BCUT2D eigenvalue weighted by Crippen LogP contribution is 2.28. The number of carbonyl (C=O) groups excluding carboxylic acids is 1. The Morgan fingerprint density at radius 2 is 1.86 bits per heavy atom. The van der Waals surface area contributed by atoms with Gasteiger partial charge in [0.2, 0.25) is 0 Å². The van der Waals surface area contributed by atoms with Crippen molar-refractivity contribution in [1.82, 2.24) is 4.90 Å². The topological polar surface area (TPSA) is 60.4 Å². The SMILES string of the molecule is COc1cc(C=Nc2ccc(C)cc2)ccc1OC(=O)CN1CCOCC1.Cl. The van der Waals surface area contributed by atoms with Crippen molar-refractivity contribution < 1.29 is 19.0 Å². The Bertz CT molecular complexity index is 803. The van der Waals surface area contributed by atoms with Crippen LogP contribution in [0.5, 0.6) is 11.5 Å². The molecule has 0 saturated carbocycles. The number of carbonyl (C=O) groups is 1. The normalized spacial score (nSPS) is 14.5. The number of ether oxygens (including phenoxy) is 3. The molecule has 2 aromatic carbocycles. The average Bonchev–Trinajstić information content (AvgIpc) is 2.69. The molecule has 0 N–H and O–H groups in total. The van der Waals surface area contributed by atoms with Gasteiger partial charge in [-0.3, -0.25) is 14.7 Å². The van der Waals surface area contributed by atoms with Gasteiger partial charge in [-0.05, 0) is 42.8 Å². The van der Waals surface area contributed by atoms with E-state index in [-0.39, 0.29) is 24.9 Å². The van der Waals surface area contributed by atoms with Crippen LogP contribution in [0.25, 0.3) is 0 Å². The maximum Gasteiger partial charge on any atom is 0.325 e. The predicted octanol–water partition coefficient (Wildman–Crippen LogP) is 3.41. The van der Waals surface area contributed by atoms with Crippen LogP contribution in [-0.2, 0) is 9.53 Å². The van der Waals surface area contributed by atoms with E-state index in [0.717, 1.165) is 24.3 Å². The van der Waals surface area contributed by atoms with E-state index in [1.807, 2.05) is 42.2 Å². The molecule has 1 saturated heterocycles. The van der Waals surface area contributed by atoms with E-state index in [1.165, 1.54) is 5.56 Å². The summed E-state index contributed by atoms with van der Waals surface area (Å²) in [5.41, 5.74) is 2.93. The molecule has 1 fully saturated rings. The summed E-state index contributed by atoms with van der Waals surface area (Å²) in [5.74, 6) is 0.595. The number of halogens is 1. The van der Waals surface area contributed by atoms with Crippen molar-refractivity contribution in [3.8, 4) is 11.5 Å². The van der Waals surface area contributed by atoms with Crippen molar-refractivity contribution in [2.45, 2.75) is 6.92 Å². The summed E-state index contributed by atoms with van der Waals surface area (Å²) < 4.78 is 16.1. The molecule has 150 valence electrons. The third kappa shape index (κ3) is 6.34. The zero-order chi connectivity index (χ0) is 19.1. The minimum absolute atomic E-state index is 0. The summed E-state index contributed by atoms with van der Waals surface area (Å²) in [6.45, 7) is 5.04. The number of methoxy groups -OCH3 is 1. The largest absolute Gasteiger partial charge is 0.493 e. The van der Waals surface area contributed by atoms with Crippen LogP contribution in [0.15, 0.2) is 47.5 Å². The summed E-state index contributed by atoms with van der Waals surface area (Å²) in [4.78, 5) is 18.7. The van der Waals surface area contributed by atoms with Crippen molar-refractivity contribution in [3.63, 3.8) is 0 Å². The van der Waals surface area contributed by atoms with Crippen molar-refractivity contribution in [1.29, 1.82) is 0 Å². The highest BCUT2D eigenvalue weighted by molar-refractivity contribution is 5.85.